The monoisotopic (exact) mass is 116 g/mol. The first-order valence-corrected chi connectivity index (χ1v) is 2.74. The van der Waals surface area contributed by atoms with Crippen LogP contribution in [0.15, 0.2) is 0 Å². The van der Waals surface area contributed by atoms with Crippen molar-refractivity contribution in [1.82, 2.24) is 0 Å². The molecule has 1 rings (SSSR count). The minimum Gasteiger partial charge on any atom is -0.427 e. The van der Waals surface area contributed by atoms with E-state index in [1.807, 2.05) is 0 Å². The molecule has 3 nitrogen and oxygen atoms in total. The lowest BCUT2D eigenvalue weighted by Crippen LogP contribution is -2.19. The molecule has 46 valence electrons. The molecule has 1 saturated heterocycles. The molecule has 0 amide bonds. The van der Waals surface area contributed by atoms with Crippen LogP contribution in [-0.4, -0.2) is 30.4 Å². The van der Waals surface area contributed by atoms with E-state index < -0.39 is 7.12 Å². The largest absolute Gasteiger partial charge is 0.457 e. The summed E-state index contributed by atoms with van der Waals surface area (Å²) < 4.78 is 4.90. The smallest absolute Gasteiger partial charge is 0.427 e. The van der Waals surface area contributed by atoms with Crippen molar-refractivity contribution in [2.75, 3.05) is 13.2 Å². The summed E-state index contributed by atoms with van der Waals surface area (Å²) in [5, 5.41) is 17.1. The molecule has 0 saturated carbocycles. The molecule has 0 aromatic carbocycles. The van der Waals surface area contributed by atoms with Gasteiger partial charge >= 0.3 is 7.12 Å². The normalized spacial score (nSPS) is 28.5. The molecule has 1 aliphatic rings. The summed E-state index contributed by atoms with van der Waals surface area (Å²) in [6.45, 7) is 1.17. The molecule has 0 radical (unpaired) electrons. The number of ether oxygens (including phenoxy) is 1. The molecule has 0 aliphatic carbocycles. The van der Waals surface area contributed by atoms with Crippen molar-refractivity contribution in [3.63, 3.8) is 0 Å². The van der Waals surface area contributed by atoms with Gasteiger partial charge in [0.05, 0.1) is 0 Å². The zero-order valence-electron chi connectivity index (χ0n) is 4.58. The Morgan fingerprint density at radius 2 is 2.25 bits per heavy atom. The van der Waals surface area contributed by atoms with Crippen molar-refractivity contribution in [1.29, 1.82) is 0 Å². The van der Waals surface area contributed by atoms with Crippen LogP contribution in [0, 0.1) is 0 Å². The van der Waals surface area contributed by atoms with Gasteiger partial charge in [0.15, 0.2) is 0 Å². The summed E-state index contributed by atoms with van der Waals surface area (Å²) in [7, 11) is -1.18. The fourth-order valence-electron chi connectivity index (χ4n) is 0.788. The maximum absolute atomic E-state index is 8.53. The Morgan fingerprint density at radius 1 is 1.50 bits per heavy atom. The van der Waals surface area contributed by atoms with E-state index in [-0.39, 0.29) is 5.82 Å². The lowest BCUT2D eigenvalue weighted by molar-refractivity contribution is 0.194. The van der Waals surface area contributed by atoms with Gasteiger partial charge in [-0.2, -0.15) is 0 Å². The Hall–Kier alpha value is -0.0551. The predicted octanol–water partition coefficient (Wildman–Crippen LogP) is -0.750. The van der Waals surface area contributed by atoms with Gasteiger partial charge in [0.2, 0.25) is 0 Å². The number of rotatable bonds is 1. The molecule has 1 heterocycles. The van der Waals surface area contributed by atoms with E-state index in [0.29, 0.717) is 13.2 Å². The fourth-order valence-corrected chi connectivity index (χ4v) is 0.788. The molecule has 0 unspecified atom stereocenters. The molecular formula is C4H9BO3. The van der Waals surface area contributed by atoms with Crippen LogP contribution < -0.4 is 0 Å². The molecule has 4 heteroatoms. The summed E-state index contributed by atoms with van der Waals surface area (Å²) >= 11 is 0. The molecular weight excluding hydrogens is 107 g/mol. The van der Waals surface area contributed by atoms with Gasteiger partial charge in [-0.15, -0.1) is 0 Å². The van der Waals surface area contributed by atoms with Gasteiger partial charge in [0, 0.05) is 19.0 Å². The van der Waals surface area contributed by atoms with Gasteiger partial charge in [-0.1, -0.05) is 0 Å². The Bertz CT molecular complexity index is 69.7. The highest BCUT2D eigenvalue weighted by Crippen LogP contribution is 2.18. The lowest BCUT2D eigenvalue weighted by Gasteiger charge is -2.01. The summed E-state index contributed by atoms with van der Waals surface area (Å²) in [6.07, 6.45) is 0.775. The van der Waals surface area contributed by atoms with Crippen LogP contribution in [0.2, 0.25) is 5.82 Å². The topological polar surface area (TPSA) is 49.7 Å². The molecule has 1 atom stereocenters. The van der Waals surface area contributed by atoms with Crippen LogP contribution in [0.5, 0.6) is 0 Å². The van der Waals surface area contributed by atoms with Gasteiger partial charge in [-0.05, 0) is 6.42 Å². The van der Waals surface area contributed by atoms with Gasteiger partial charge in [-0.3, -0.25) is 0 Å². The average molecular weight is 116 g/mol. The van der Waals surface area contributed by atoms with E-state index in [1.165, 1.54) is 0 Å². The standard InChI is InChI=1S/C4H9BO3/c6-5(7)4-1-2-8-3-4/h4,6-7H,1-3H2/t4-/m0/s1. The Labute approximate surface area is 48.4 Å². The van der Waals surface area contributed by atoms with Crippen molar-refractivity contribution in [3.8, 4) is 0 Å². The molecule has 0 spiro atoms. The van der Waals surface area contributed by atoms with Gasteiger partial charge < -0.3 is 14.8 Å². The molecule has 1 fully saturated rings. The van der Waals surface area contributed by atoms with Gasteiger partial charge in [0.1, 0.15) is 0 Å². The molecule has 1 aliphatic heterocycles. The fraction of sp³-hybridized carbons (Fsp3) is 1.00. The van der Waals surface area contributed by atoms with Crippen LogP contribution in [0.4, 0.5) is 0 Å². The third-order valence-corrected chi connectivity index (χ3v) is 1.39. The second-order valence-electron chi connectivity index (χ2n) is 2.04. The zero-order valence-corrected chi connectivity index (χ0v) is 4.58. The second kappa shape index (κ2) is 2.48. The van der Waals surface area contributed by atoms with Crippen LogP contribution in [0.3, 0.4) is 0 Å². The predicted molar refractivity (Wildman–Crippen MR) is 29.4 cm³/mol. The Kier molecular flexibility index (Phi) is 1.88. The first kappa shape index (κ1) is 6.07. The van der Waals surface area contributed by atoms with Crippen molar-refractivity contribution >= 4 is 7.12 Å². The van der Waals surface area contributed by atoms with Crippen LogP contribution in [0.1, 0.15) is 6.42 Å². The number of hydrogen-bond acceptors (Lipinski definition) is 3. The van der Waals surface area contributed by atoms with E-state index in [9.17, 15) is 0 Å². The van der Waals surface area contributed by atoms with Crippen molar-refractivity contribution in [3.05, 3.63) is 0 Å². The highest BCUT2D eigenvalue weighted by molar-refractivity contribution is 6.43. The quantitative estimate of drug-likeness (QED) is 0.443. The molecule has 0 aromatic rings. The third kappa shape index (κ3) is 1.21. The molecule has 8 heavy (non-hydrogen) atoms. The minimum atomic E-state index is -1.18. The van der Waals surface area contributed by atoms with Gasteiger partial charge in [-0.25, -0.2) is 0 Å². The molecule has 0 aromatic heterocycles. The first-order valence-electron chi connectivity index (χ1n) is 2.74. The average Bonchev–Trinajstić information content (AvgIpc) is 2.12. The zero-order chi connectivity index (χ0) is 5.98. The van der Waals surface area contributed by atoms with Crippen molar-refractivity contribution < 1.29 is 14.8 Å². The van der Waals surface area contributed by atoms with E-state index in [1.54, 1.807) is 0 Å². The van der Waals surface area contributed by atoms with Crippen molar-refractivity contribution in [2.45, 2.75) is 12.2 Å². The van der Waals surface area contributed by atoms with Crippen molar-refractivity contribution in [2.24, 2.45) is 0 Å². The van der Waals surface area contributed by atoms with Gasteiger partial charge in [0.25, 0.3) is 0 Å². The van der Waals surface area contributed by atoms with E-state index in [0.717, 1.165) is 6.42 Å². The third-order valence-electron chi connectivity index (χ3n) is 1.39. The molecule has 2 N–H and O–H groups in total. The Morgan fingerprint density at radius 3 is 2.50 bits per heavy atom. The summed E-state index contributed by atoms with van der Waals surface area (Å²) in [4.78, 5) is 0. The summed E-state index contributed by atoms with van der Waals surface area (Å²) in [5.74, 6) is -0.0463. The van der Waals surface area contributed by atoms with E-state index >= 15 is 0 Å². The molecule has 0 bridgehead atoms. The second-order valence-corrected chi connectivity index (χ2v) is 2.04. The SMILES string of the molecule is OB(O)[C@H]1CCOC1. The van der Waals surface area contributed by atoms with Crippen LogP contribution in [-0.2, 0) is 4.74 Å². The van der Waals surface area contributed by atoms with Crippen LogP contribution in [0.25, 0.3) is 0 Å². The summed E-state index contributed by atoms with van der Waals surface area (Å²) in [5.41, 5.74) is 0. The maximum atomic E-state index is 8.53. The van der Waals surface area contributed by atoms with E-state index in [4.69, 9.17) is 14.8 Å². The van der Waals surface area contributed by atoms with Crippen LogP contribution >= 0.6 is 0 Å². The Balaban J connectivity index is 2.24. The highest BCUT2D eigenvalue weighted by Gasteiger charge is 2.26. The maximum Gasteiger partial charge on any atom is 0.457 e. The lowest BCUT2D eigenvalue weighted by atomic mass is 9.73. The minimum absolute atomic E-state index is 0.0463. The highest BCUT2D eigenvalue weighted by atomic mass is 16.5. The first-order chi connectivity index (χ1) is 3.80. The van der Waals surface area contributed by atoms with E-state index in [2.05, 4.69) is 0 Å². The summed E-state index contributed by atoms with van der Waals surface area (Å²) in [6, 6.07) is 0. The number of hydrogen-bond donors (Lipinski definition) is 2.